The summed E-state index contributed by atoms with van der Waals surface area (Å²) in [5.41, 5.74) is 1.86. The highest BCUT2D eigenvalue weighted by Crippen LogP contribution is 2.33. The minimum atomic E-state index is -3.84. The van der Waals surface area contributed by atoms with Gasteiger partial charge in [0.2, 0.25) is 0 Å². The molecule has 2 unspecified atom stereocenters. The minimum Gasteiger partial charge on any atom is -0.486 e. The van der Waals surface area contributed by atoms with Crippen LogP contribution in [-0.2, 0) is 14.8 Å². The summed E-state index contributed by atoms with van der Waals surface area (Å²) in [4.78, 5) is 15.0. The van der Waals surface area contributed by atoms with Crippen molar-refractivity contribution in [1.29, 1.82) is 0 Å². The number of rotatable bonds is 5. The number of amides is 1. The quantitative estimate of drug-likeness (QED) is 0.579. The van der Waals surface area contributed by atoms with E-state index < -0.39 is 10.0 Å². The molecule has 2 aliphatic heterocycles. The van der Waals surface area contributed by atoms with Gasteiger partial charge in [-0.2, -0.15) is 0 Å². The average Bonchev–Trinajstić information content (AvgIpc) is 2.88. The Morgan fingerprint density at radius 2 is 1.63 bits per heavy atom. The van der Waals surface area contributed by atoms with Crippen LogP contribution in [0.2, 0.25) is 0 Å². The molecule has 1 fully saturated rings. The molecule has 2 atom stereocenters. The predicted molar refractivity (Wildman–Crippen MR) is 130 cm³/mol. The van der Waals surface area contributed by atoms with Gasteiger partial charge in [0.1, 0.15) is 19.3 Å². The van der Waals surface area contributed by atoms with Gasteiger partial charge in [0.05, 0.1) is 17.5 Å². The van der Waals surface area contributed by atoms with E-state index in [1.165, 1.54) is 12.1 Å². The van der Waals surface area contributed by atoms with Crippen molar-refractivity contribution in [3.63, 3.8) is 0 Å². The van der Waals surface area contributed by atoms with Crippen LogP contribution in [0.4, 0.5) is 5.69 Å². The van der Waals surface area contributed by atoms with Crippen molar-refractivity contribution in [3.8, 4) is 11.5 Å². The minimum absolute atomic E-state index is 0.0659. The molecular weight excluding hydrogens is 468 g/mol. The molecule has 0 spiro atoms. The van der Waals surface area contributed by atoms with Crippen LogP contribution in [0.3, 0.4) is 0 Å². The molecule has 1 amide bonds. The first-order valence-electron chi connectivity index (χ1n) is 11.4. The fourth-order valence-corrected chi connectivity index (χ4v) is 5.31. The third-order valence-electron chi connectivity index (χ3n) is 5.93. The molecule has 1 saturated heterocycles. The van der Waals surface area contributed by atoms with Crippen LogP contribution in [0.25, 0.3) is 0 Å². The van der Waals surface area contributed by atoms with Gasteiger partial charge in [-0.15, -0.1) is 0 Å². The summed E-state index contributed by atoms with van der Waals surface area (Å²) < 4.78 is 45.3. The molecule has 0 radical (unpaired) electrons. The third-order valence-corrected chi connectivity index (χ3v) is 7.31. The van der Waals surface area contributed by atoms with Crippen LogP contribution in [0.15, 0.2) is 77.7 Å². The number of morpholine rings is 1. The van der Waals surface area contributed by atoms with Gasteiger partial charge in [-0.05, 0) is 48.9 Å². The number of nitrogens with zero attached hydrogens (tertiary/aromatic N) is 1. The van der Waals surface area contributed by atoms with Gasteiger partial charge in [0.25, 0.3) is 15.9 Å². The lowest BCUT2D eigenvalue weighted by Gasteiger charge is -2.37. The first kappa shape index (κ1) is 23.2. The largest absolute Gasteiger partial charge is 0.486 e. The molecular formula is C26H26N2O6S. The zero-order valence-corrected chi connectivity index (χ0v) is 20.0. The molecule has 0 aromatic heterocycles. The van der Waals surface area contributed by atoms with Crippen molar-refractivity contribution in [2.45, 2.75) is 24.0 Å². The number of hydrogen-bond donors (Lipinski definition) is 1. The highest BCUT2D eigenvalue weighted by atomic mass is 32.2. The topological polar surface area (TPSA) is 94.2 Å². The van der Waals surface area contributed by atoms with Crippen molar-refractivity contribution in [1.82, 2.24) is 4.90 Å². The summed E-state index contributed by atoms with van der Waals surface area (Å²) in [5, 5.41) is 0. The molecule has 35 heavy (non-hydrogen) atoms. The maximum Gasteiger partial charge on any atom is 0.262 e. The molecule has 5 rings (SSSR count). The Morgan fingerprint density at radius 3 is 2.37 bits per heavy atom. The van der Waals surface area contributed by atoms with E-state index in [2.05, 4.69) is 4.72 Å². The second-order valence-corrected chi connectivity index (χ2v) is 10.2. The molecule has 0 bridgehead atoms. The first-order valence-corrected chi connectivity index (χ1v) is 12.9. The molecule has 3 aromatic rings. The van der Waals surface area contributed by atoms with Gasteiger partial charge >= 0.3 is 0 Å². The van der Waals surface area contributed by atoms with E-state index in [4.69, 9.17) is 14.2 Å². The van der Waals surface area contributed by atoms with E-state index in [0.29, 0.717) is 49.1 Å². The summed E-state index contributed by atoms with van der Waals surface area (Å²) in [7, 11) is -3.84. The number of carbonyl (C=O) groups excluding carboxylic acids is 1. The van der Waals surface area contributed by atoms with Crippen LogP contribution in [-0.4, -0.2) is 51.6 Å². The Kier molecular flexibility index (Phi) is 6.36. The molecule has 8 nitrogen and oxygen atoms in total. The number of hydrogen-bond acceptors (Lipinski definition) is 6. The van der Waals surface area contributed by atoms with Crippen molar-refractivity contribution < 1.29 is 27.4 Å². The summed E-state index contributed by atoms with van der Waals surface area (Å²) in [6, 6.07) is 20.8. The standard InChI is InChI=1S/C26H26N2O6S/c1-18-16-28(17-25(34-18)19-5-3-2-4-6-19)26(29)20-7-9-21(10-8-20)27-35(30,31)22-11-12-23-24(15-22)33-14-13-32-23/h2-12,15,18,25,27H,13-14,16-17H2,1H3. The monoisotopic (exact) mass is 494 g/mol. The number of nitrogens with one attached hydrogen (secondary N) is 1. The van der Waals surface area contributed by atoms with Gasteiger partial charge in [0.15, 0.2) is 11.5 Å². The van der Waals surface area contributed by atoms with E-state index in [0.717, 1.165) is 5.56 Å². The van der Waals surface area contributed by atoms with E-state index in [1.807, 2.05) is 37.3 Å². The number of anilines is 1. The number of sulfonamides is 1. The Balaban J connectivity index is 1.28. The van der Waals surface area contributed by atoms with Crippen molar-refractivity contribution >= 4 is 21.6 Å². The predicted octanol–water partition coefficient (Wildman–Crippen LogP) is 3.86. The van der Waals surface area contributed by atoms with Crippen LogP contribution >= 0.6 is 0 Å². The van der Waals surface area contributed by atoms with Crippen molar-refractivity contribution in [2.75, 3.05) is 31.0 Å². The fourth-order valence-electron chi connectivity index (χ4n) is 4.24. The molecule has 0 aliphatic carbocycles. The number of benzene rings is 3. The molecule has 0 saturated carbocycles. The maximum absolute atomic E-state index is 13.2. The number of carbonyl (C=O) groups is 1. The zero-order chi connectivity index (χ0) is 24.4. The van der Waals surface area contributed by atoms with Crippen LogP contribution < -0.4 is 14.2 Å². The second-order valence-electron chi connectivity index (χ2n) is 8.54. The average molecular weight is 495 g/mol. The normalized spacial score (nSPS) is 19.7. The van der Waals surface area contributed by atoms with Gasteiger partial charge in [0, 0.05) is 23.9 Å². The first-order chi connectivity index (χ1) is 16.9. The molecule has 2 aliphatic rings. The molecule has 1 N–H and O–H groups in total. The maximum atomic E-state index is 13.2. The van der Waals surface area contributed by atoms with Crippen molar-refractivity contribution in [2.24, 2.45) is 0 Å². The van der Waals surface area contributed by atoms with Crippen LogP contribution in [0.5, 0.6) is 11.5 Å². The van der Waals surface area contributed by atoms with Gasteiger partial charge in [-0.25, -0.2) is 8.42 Å². The Hall–Kier alpha value is -3.56. The summed E-state index contributed by atoms with van der Waals surface area (Å²) in [5.74, 6) is 0.793. The zero-order valence-electron chi connectivity index (χ0n) is 19.2. The van der Waals surface area contributed by atoms with E-state index in [1.54, 1.807) is 35.2 Å². The fraction of sp³-hybridized carbons (Fsp3) is 0.269. The molecule has 2 heterocycles. The lowest BCUT2D eigenvalue weighted by molar-refractivity contribution is -0.0691. The Labute approximate surface area is 204 Å². The second kappa shape index (κ2) is 9.59. The molecule has 9 heteroatoms. The number of ether oxygens (including phenoxy) is 3. The summed E-state index contributed by atoms with van der Waals surface area (Å²) >= 11 is 0. The Morgan fingerprint density at radius 1 is 0.914 bits per heavy atom. The van der Waals surface area contributed by atoms with Gasteiger partial charge < -0.3 is 19.1 Å². The SMILES string of the molecule is CC1CN(C(=O)c2ccc(NS(=O)(=O)c3ccc4c(c3)OCCO4)cc2)CC(c2ccccc2)O1. The lowest BCUT2D eigenvalue weighted by atomic mass is 10.1. The van der Waals surface area contributed by atoms with E-state index >= 15 is 0 Å². The van der Waals surface area contributed by atoms with E-state index in [-0.39, 0.29) is 23.0 Å². The van der Waals surface area contributed by atoms with E-state index in [9.17, 15) is 13.2 Å². The highest BCUT2D eigenvalue weighted by molar-refractivity contribution is 7.92. The molecule has 182 valence electrons. The summed E-state index contributed by atoms with van der Waals surface area (Å²) in [6.45, 7) is 3.68. The van der Waals surface area contributed by atoms with Crippen LogP contribution in [0, 0.1) is 0 Å². The summed E-state index contributed by atoms with van der Waals surface area (Å²) in [6.07, 6.45) is -0.295. The van der Waals surface area contributed by atoms with Crippen LogP contribution in [0.1, 0.15) is 28.9 Å². The third kappa shape index (κ3) is 5.11. The van der Waals surface area contributed by atoms with Gasteiger partial charge in [-0.3, -0.25) is 9.52 Å². The lowest BCUT2D eigenvalue weighted by Crippen LogP contribution is -2.45. The van der Waals surface area contributed by atoms with Crippen molar-refractivity contribution in [3.05, 3.63) is 83.9 Å². The molecule has 3 aromatic carbocycles. The van der Waals surface area contributed by atoms with Gasteiger partial charge in [-0.1, -0.05) is 30.3 Å². The Bertz CT molecular complexity index is 1310. The smallest absolute Gasteiger partial charge is 0.262 e. The highest BCUT2D eigenvalue weighted by Gasteiger charge is 2.30. The number of fused-ring (bicyclic) bond motifs is 1.